The van der Waals surface area contributed by atoms with Crippen LogP contribution in [0.15, 0.2) is 35.0 Å². The topological polar surface area (TPSA) is 15.3 Å². The lowest BCUT2D eigenvalue weighted by Gasteiger charge is -2.20. The Kier molecular flexibility index (Phi) is 4.80. The standard InChI is InChI=1S/C14H15ClN2S2/c1-10-3-4-12(7-13(10)15)16-14(18)17(2)8-11-5-6-19-9-11/h3-7,9H,8H2,1-2H3,(H,16,18). The highest BCUT2D eigenvalue weighted by atomic mass is 35.5. The van der Waals surface area contributed by atoms with Crippen molar-refractivity contribution in [3.8, 4) is 0 Å². The molecular formula is C14H15ClN2S2. The van der Waals surface area contributed by atoms with Gasteiger partial charge in [-0.1, -0.05) is 17.7 Å². The van der Waals surface area contributed by atoms with Crippen LogP contribution >= 0.6 is 35.2 Å². The van der Waals surface area contributed by atoms with Crippen molar-refractivity contribution in [2.75, 3.05) is 12.4 Å². The number of halogens is 1. The quantitative estimate of drug-likeness (QED) is 0.838. The minimum Gasteiger partial charge on any atom is -0.348 e. The maximum Gasteiger partial charge on any atom is 0.173 e. The van der Waals surface area contributed by atoms with Crippen molar-refractivity contribution in [1.29, 1.82) is 0 Å². The lowest BCUT2D eigenvalue weighted by molar-refractivity contribution is 0.509. The third kappa shape index (κ3) is 3.93. The van der Waals surface area contributed by atoms with Crippen molar-refractivity contribution in [3.05, 3.63) is 51.2 Å². The van der Waals surface area contributed by atoms with Crippen LogP contribution in [0.2, 0.25) is 5.02 Å². The fourth-order valence-electron chi connectivity index (χ4n) is 1.62. The molecular weight excluding hydrogens is 296 g/mol. The fourth-order valence-corrected chi connectivity index (χ4v) is 2.64. The molecule has 1 aromatic carbocycles. The molecule has 0 spiro atoms. The first-order valence-corrected chi connectivity index (χ1v) is 7.58. The summed E-state index contributed by atoms with van der Waals surface area (Å²) in [5.74, 6) is 0. The van der Waals surface area contributed by atoms with E-state index in [1.807, 2.05) is 37.1 Å². The van der Waals surface area contributed by atoms with E-state index in [9.17, 15) is 0 Å². The number of aryl methyl sites for hydroxylation is 1. The highest BCUT2D eigenvalue weighted by molar-refractivity contribution is 7.80. The number of hydrogen-bond acceptors (Lipinski definition) is 2. The molecule has 1 N–H and O–H groups in total. The second-order valence-corrected chi connectivity index (χ2v) is 5.96. The molecule has 5 heteroatoms. The van der Waals surface area contributed by atoms with Crippen molar-refractivity contribution >= 4 is 46.0 Å². The van der Waals surface area contributed by atoms with E-state index >= 15 is 0 Å². The molecule has 0 aliphatic heterocycles. The predicted molar refractivity (Wildman–Crippen MR) is 88.2 cm³/mol. The van der Waals surface area contributed by atoms with E-state index in [2.05, 4.69) is 22.1 Å². The maximum absolute atomic E-state index is 6.10. The normalized spacial score (nSPS) is 10.3. The molecule has 0 atom stereocenters. The molecule has 0 saturated carbocycles. The van der Waals surface area contributed by atoms with Crippen LogP contribution in [0.3, 0.4) is 0 Å². The molecule has 2 rings (SSSR count). The molecule has 0 saturated heterocycles. The van der Waals surface area contributed by atoms with Gasteiger partial charge >= 0.3 is 0 Å². The number of hydrogen-bond donors (Lipinski definition) is 1. The van der Waals surface area contributed by atoms with Crippen molar-refractivity contribution in [2.45, 2.75) is 13.5 Å². The first-order chi connectivity index (χ1) is 9.06. The third-order valence-corrected chi connectivity index (χ3v) is 4.32. The second-order valence-electron chi connectivity index (χ2n) is 4.38. The van der Waals surface area contributed by atoms with Crippen molar-refractivity contribution in [3.63, 3.8) is 0 Å². The Morgan fingerprint density at radius 2 is 2.21 bits per heavy atom. The summed E-state index contributed by atoms with van der Waals surface area (Å²) >= 11 is 13.2. The van der Waals surface area contributed by atoms with Crippen molar-refractivity contribution in [2.24, 2.45) is 0 Å². The Labute approximate surface area is 128 Å². The summed E-state index contributed by atoms with van der Waals surface area (Å²) in [6.07, 6.45) is 0. The maximum atomic E-state index is 6.10. The van der Waals surface area contributed by atoms with E-state index in [4.69, 9.17) is 23.8 Å². The summed E-state index contributed by atoms with van der Waals surface area (Å²) in [6, 6.07) is 7.95. The number of thiocarbonyl (C=S) groups is 1. The molecule has 19 heavy (non-hydrogen) atoms. The average Bonchev–Trinajstić information content (AvgIpc) is 2.86. The monoisotopic (exact) mass is 310 g/mol. The molecule has 0 aliphatic rings. The van der Waals surface area contributed by atoms with Gasteiger partial charge in [0.1, 0.15) is 0 Å². The van der Waals surface area contributed by atoms with Gasteiger partial charge in [-0.05, 0) is 59.2 Å². The van der Waals surface area contributed by atoms with E-state index in [1.54, 1.807) is 11.3 Å². The van der Waals surface area contributed by atoms with Gasteiger partial charge in [0, 0.05) is 24.3 Å². The number of nitrogens with zero attached hydrogens (tertiary/aromatic N) is 1. The Balaban J connectivity index is 1.98. The summed E-state index contributed by atoms with van der Waals surface area (Å²) in [5.41, 5.74) is 3.24. The fraction of sp³-hybridized carbons (Fsp3) is 0.214. The molecule has 1 aromatic heterocycles. The number of anilines is 1. The highest BCUT2D eigenvalue weighted by Gasteiger charge is 2.06. The van der Waals surface area contributed by atoms with Crippen LogP contribution in [0.1, 0.15) is 11.1 Å². The van der Waals surface area contributed by atoms with E-state index in [0.717, 1.165) is 22.8 Å². The lowest BCUT2D eigenvalue weighted by Crippen LogP contribution is -2.30. The van der Waals surface area contributed by atoms with Gasteiger partial charge in [-0.3, -0.25) is 0 Å². The summed E-state index contributed by atoms with van der Waals surface area (Å²) in [4.78, 5) is 2.01. The van der Waals surface area contributed by atoms with E-state index in [1.165, 1.54) is 5.56 Å². The van der Waals surface area contributed by atoms with Gasteiger partial charge in [0.25, 0.3) is 0 Å². The molecule has 2 aromatic rings. The zero-order valence-electron chi connectivity index (χ0n) is 10.8. The van der Waals surface area contributed by atoms with Crippen LogP contribution in [0.4, 0.5) is 5.69 Å². The van der Waals surface area contributed by atoms with Crippen LogP contribution in [0.5, 0.6) is 0 Å². The van der Waals surface area contributed by atoms with Gasteiger partial charge in [0.15, 0.2) is 5.11 Å². The SMILES string of the molecule is Cc1ccc(NC(=S)N(C)Cc2ccsc2)cc1Cl. The minimum atomic E-state index is 0.686. The van der Waals surface area contributed by atoms with Gasteiger partial charge in [-0.15, -0.1) is 0 Å². The van der Waals surface area contributed by atoms with Crippen LogP contribution in [-0.2, 0) is 6.54 Å². The smallest absolute Gasteiger partial charge is 0.173 e. The van der Waals surface area contributed by atoms with E-state index < -0.39 is 0 Å². The summed E-state index contributed by atoms with van der Waals surface area (Å²) < 4.78 is 0. The Bertz CT molecular complexity index is 567. The van der Waals surface area contributed by atoms with Crippen molar-refractivity contribution in [1.82, 2.24) is 4.90 Å². The Morgan fingerprint density at radius 3 is 2.84 bits per heavy atom. The number of benzene rings is 1. The predicted octanol–water partition coefficient (Wildman–Crippen LogP) is 4.54. The largest absolute Gasteiger partial charge is 0.348 e. The average molecular weight is 311 g/mol. The Hall–Kier alpha value is -1.10. The van der Waals surface area contributed by atoms with Crippen LogP contribution in [0.25, 0.3) is 0 Å². The number of thiophene rings is 1. The van der Waals surface area contributed by atoms with E-state index in [-0.39, 0.29) is 0 Å². The van der Waals surface area contributed by atoms with Crippen LogP contribution < -0.4 is 5.32 Å². The first kappa shape index (κ1) is 14.3. The molecule has 1 heterocycles. The third-order valence-electron chi connectivity index (χ3n) is 2.77. The zero-order chi connectivity index (χ0) is 13.8. The van der Waals surface area contributed by atoms with Crippen LogP contribution in [0, 0.1) is 6.92 Å². The highest BCUT2D eigenvalue weighted by Crippen LogP contribution is 2.20. The minimum absolute atomic E-state index is 0.686. The molecule has 0 amide bonds. The zero-order valence-corrected chi connectivity index (χ0v) is 13.2. The molecule has 2 nitrogen and oxygen atoms in total. The number of rotatable bonds is 3. The van der Waals surface area contributed by atoms with E-state index in [0.29, 0.717) is 5.11 Å². The Morgan fingerprint density at radius 1 is 1.42 bits per heavy atom. The van der Waals surface area contributed by atoms with Gasteiger partial charge in [0.05, 0.1) is 0 Å². The van der Waals surface area contributed by atoms with Gasteiger partial charge in [0.2, 0.25) is 0 Å². The molecule has 0 radical (unpaired) electrons. The molecule has 0 unspecified atom stereocenters. The molecule has 0 fully saturated rings. The molecule has 0 bridgehead atoms. The molecule has 100 valence electrons. The second kappa shape index (κ2) is 6.37. The van der Waals surface area contributed by atoms with Gasteiger partial charge in [-0.25, -0.2) is 0 Å². The number of nitrogens with one attached hydrogen (secondary N) is 1. The van der Waals surface area contributed by atoms with Gasteiger partial charge in [-0.2, -0.15) is 11.3 Å². The summed E-state index contributed by atoms with van der Waals surface area (Å²) in [6.45, 7) is 2.78. The summed E-state index contributed by atoms with van der Waals surface area (Å²) in [7, 11) is 1.97. The first-order valence-electron chi connectivity index (χ1n) is 5.85. The van der Waals surface area contributed by atoms with Gasteiger partial charge < -0.3 is 10.2 Å². The van der Waals surface area contributed by atoms with Crippen LogP contribution in [-0.4, -0.2) is 17.1 Å². The lowest BCUT2D eigenvalue weighted by atomic mass is 10.2. The molecule has 0 aliphatic carbocycles. The summed E-state index contributed by atoms with van der Waals surface area (Å²) in [5, 5.41) is 8.82. The van der Waals surface area contributed by atoms with Crippen molar-refractivity contribution < 1.29 is 0 Å².